The molecule has 6 N–H and O–H groups in total. The fraction of sp³-hybridized carbons (Fsp3) is 0.741. The molecule has 2 aromatic rings. The van der Waals surface area contributed by atoms with E-state index in [1.807, 2.05) is 65.7 Å². The Hall–Kier alpha value is -3.42. The van der Waals surface area contributed by atoms with Crippen molar-refractivity contribution >= 4 is 11.6 Å². The molecule has 2 aromatic carbocycles. The molecular formula is C54H78N2O18. The smallest absolute Gasteiger partial charge is 0.202 e. The second-order valence-corrected chi connectivity index (χ2v) is 22.1. The quantitative estimate of drug-likeness (QED) is 0.126. The van der Waals surface area contributed by atoms with E-state index in [0.717, 1.165) is 0 Å². The van der Waals surface area contributed by atoms with Crippen LogP contribution in [0.1, 0.15) is 161 Å². The topological polar surface area (TPSA) is 254 Å². The Kier molecular flexibility index (Phi) is 16.6. The zero-order chi connectivity index (χ0) is 53.2. The SMILES string of the molecule is CCC1(O)CC(OC2CC(N(C)C)C(OC3CCC(O)C(C)O3)C(C)O2)c2c(O)c3c(c(O)c2C1OC1CC(N(C)C)C(OC2CCC(OC4CCC(O)C(C)O4)C(C)O2)C(C)O1)C(=O)c1cccc(O)c1C3=O. The number of aliphatic hydroxyl groups is 3. The molecule has 20 heteroatoms. The third-order valence-corrected chi connectivity index (χ3v) is 16.7. The Morgan fingerprint density at radius 1 is 0.581 bits per heavy atom. The fourth-order valence-corrected chi connectivity index (χ4v) is 12.3. The molecule has 5 aliphatic heterocycles. The molecule has 5 fully saturated rings. The average molecular weight is 1040 g/mol. The maximum atomic E-state index is 14.4. The van der Waals surface area contributed by atoms with Gasteiger partial charge in [-0.2, -0.15) is 0 Å². The highest BCUT2D eigenvalue weighted by molar-refractivity contribution is 6.31. The molecule has 5 heterocycles. The molecule has 0 spiro atoms. The number of aliphatic hydroxyl groups excluding tert-OH is 2. The number of phenols is 3. The molecule has 74 heavy (non-hydrogen) atoms. The Labute approximate surface area is 433 Å². The van der Waals surface area contributed by atoms with Crippen LogP contribution in [-0.2, 0) is 47.4 Å². The number of ether oxygens (including phenoxy) is 10. The number of carbonyl (C=O) groups is 2. The number of benzene rings is 2. The van der Waals surface area contributed by atoms with Gasteiger partial charge in [-0.3, -0.25) is 9.59 Å². The summed E-state index contributed by atoms with van der Waals surface area (Å²) in [4.78, 5) is 32.9. The van der Waals surface area contributed by atoms with Crippen LogP contribution >= 0.6 is 0 Å². The number of ketones is 2. The summed E-state index contributed by atoms with van der Waals surface area (Å²) in [5.74, 6) is -3.51. The standard InChI is InChI=1S/C54H78N2O18/c1-11-54(64)23-36(71-40-21-30(55(7)8)51(27(5)68-40)72-38-19-16-33(58)25(3)66-38)43-46(50(63)44-45(49(43)62)48(61)42-29(47(44)60)13-12-14-34(42)59)53(54)74-41-22-31(56(9)10)52(28(6)69-41)73-39-20-17-35(26(4)67-39)70-37-18-15-32(57)24(2)65-37/h12-14,24-28,30-33,35-41,51-53,57-59,62-64H,11,15-23H2,1-10H3. The molecule has 0 aromatic heterocycles. The summed E-state index contributed by atoms with van der Waals surface area (Å²) in [6.45, 7) is 11.0. The number of rotatable bonds is 13. The average Bonchev–Trinajstić information content (AvgIpc) is 3.34. The number of nitrogens with zero attached hydrogens (tertiary/aromatic N) is 2. The van der Waals surface area contributed by atoms with Crippen LogP contribution in [0, 0.1) is 0 Å². The third-order valence-electron chi connectivity index (χ3n) is 16.7. The van der Waals surface area contributed by atoms with E-state index in [1.165, 1.54) is 18.2 Å². The zero-order valence-corrected chi connectivity index (χ0v) is 44.2. The van der Waals surface area contributed by atoms with Gasteiger partial charge in [0.2, 0.25) is 5.78 Å². The van der Waals surface area contributed by atoms with Gasteiger partial charge in [0, 0.05) is 67.3 Å². The van der Waals surface area contributed by atoms with Gasteiger partial charge in [-0.15, -0.1) is 0 Å². The van der Waals surface area contributed by atoms with Gasteiger partial charge in [0.25, 0.3) is 0 Å². The van der Waals surface area contributed by atoms with Gasteiger partial charge in [-0.25, -0.2) is 0 Å². The lowest BCUT2D eigenvalue weighted by molar-refractivity contribution is -0.322. The lowest BCUT2D eigenvalue weighted by Gasteiger charge is -2.50. The third kappa shape index (κ3) is 10.6. The molecule has 0 radical (unpaired) electrons. The van der Waals surface area contributed by atoms with E-state index < -0.39 is 132 Å². The largest absolute Gasteiger partial charge is 0.507 e. The number of aromatic hydroxyl groups is 3. The number of hydrogen-bond donors (Lipinski definition) is 6. The van der Waals surface area contributed by atoms with Crippen LogP contribution in [0.5, 0.6) is 17.2 Å². The highest BCUT2D eigenvalue weighted by Crippen LogP contribution is 2.58. The van der Waals surface area contributed by atoms with Gasteiger partial charge in [-0.1, -0.05) is 19.1 Å². The van der Waals surface area contributed by atoms with Crippen LogP contribution in [0.25, 0.3) is 0 Å². The Morgan fingerprint density at radius 3 is 1.59 bits per heavy atom. The second-order valence-electron chi connectivity index (χ2n) is 22.1. The van der Waals surface area contributed by atoms with Gasteiger partial charge in [0.1, 0.15) is 35.6 Å². The van der Waals surface area contributed by atoms with E-state index >= 15 is 0 Å². The first-order valence-electron chi connectivity index (χ1n) is 26.6. The van der Waals surface area contributed by atoms with E-state index in [9.17, 15) is 40.2 Å². The molecule has 20 atom stereocenters. The molecule has 412 valence electrons. The first-order chi connectivity index (χ1) is 35.1. The van der Waals surface area contributed by atoms with E-state index in [1.54, 1.807) is 13.8 Å². The van der Waals surface area contributed by atoms with Gasteiger partial charge in [0.15, 0.2) is 37.2 Å². The highest BCUT2D eigenvalue weighted by Gasteiger charge is 2.55. The summed E-state index contributed by atoms with van der Waals surface area (Å²) >= 11 is 0. The predicted molar refractivity (Wildman–Crippen MR) is 262 cm³/mol. The number of phenolic OH excluding ortho intramolecular Hbond substituents is 3. The lowest BCUT2D eigenvalue weighted by Crippen LogP contribution is -2.57. The lowest BCUT2D eigenvalue weighted by atomic mass is 9.70. The van der Waals surface area contributed by atoms with Crippen molar-refractivity contribution in [1.29, 1.82) is 0 Å². The molecule has 5 saturated heterocycles. The molecule has 2 aliphatic carbocycles. The summed E-state index contributed by atoms with van der Waals surface area (Å²) in [7, 11) is 7.65. The molecule has 20 unspecified atom stereocenters. The molecule has 0 bridgehead atoms. The first-order valence-corrected chi connectivity index (χ1v) is 26.6. The first kappa shape index (κ1) is 55.3. The van der Waals surface area contributed by atoms with Gasteiger partial charge in [0.05, 0.1) is 77.2 Å². The highest BCUT2D eigenvalue weighted by atomic mass is 16.7. The van der Waals surface area contributed by atoms with E-state index in [0.29, 0.717) is 38.5 Å². The minimum Gasteiger partial charge on any atom is -0.507 e. The van der Waals surface area contributed by atoms with Crippen LogP contribution in [0.4, 0.5) is 0 Å². The number of likely N-dealkylation sites (N-methyl/N-ethyl adjacent to an activating group) is 2. The minimum atomic E-state index is -1.83. The van der Waals surface area contributed by atoms with Crippen molar-refractivity contribution in [2.45, 2.75) is 228 Å². The van der Waals surface area contributed by atoms with Crippen LogP contribution in [0.2, 0.25) is 0 Å². The fourth-order valence-electron chi connectivity index (χ4n) is 12.3. The van der Waals surface area contributed by atoms with Crippen molar-refractivity contribution in [2.24, 2.45) is 0 Å². The number of hydrogen-bond acceptors (Lipinski definition) is 20. The van der Waals surface area contributed by atoms with Gasteiger partial charge < -0.3 is 87.8 Å². The van der Waals surface area contributed by atoms with Crippen LogP contribution in [0.15, 0.2) is 18.2 Å². The van der Waals surface area contributed by atoms with Gasteiger partial charge in [-0.05, 0) is 94.6 Å². The van der Waals surface area contributed by atoms with Crippen molar-refractivity contribution in [3.63, 3.8) is 0 Å². The van der Waals surface area contributed by atoms with E-state index in [-0.39, 0.29) is 78.3 Å². The van der Waals surface area contributed by atoms with Crippen molar-refractivity contribution in [1.82, 2.24) is 9.80 Å². The Morgan fingerprint density at radius 2 is 1.07 bits per heavy atom. The zero-order valence-electron chi connectivity index (χ0n) is 44.2. The minimum absolute atomic E-state index is 0.0470. The summed E-state index contributed by atoms with van der Waals surface area (Å²) in [5, 5.41) is 69.4. The van der Waals surface area contributed by atoms with Gasteiger partial charge >= 0.3 is 0 Å². The van der Waals surface area contributed by atoms with Crippen molar-refractivity contribution in [3.05, 3.63) is 51.6 Å². The molecular weight excluding hydrogens is 965 g/mol. The summed E-state index contributed by atoms with van der Waals surface area (Å²) in [6, 6.07) is 3.44. The number of fused-ring (bicyclic) bond motifs is 3. The maximum Gasteiger partial charge on any atom is 0.202 e. The monoisotopic (exact) mass is 1040 g/mol. The van der Waals surface area contributed by atoms with Crippen LogP contribution in [0.3, 0.4) is 0 Å². The summed E-state index contributed by atoms with van der Waals surface area (Å²) in [6.07, 6.45) is -7.10. The summed E-state index contributed by atoms with van der Waals surface area (Å²) < 4.78 is 64.7. The maximum absolute atomic E-state index is 14.4. The molecule has 20 nitrogen and oxygen atoms in total. The van der Waals surface area contributed by atoms with Crippen molar-refractivity contribution in [2.75, 3.05) is 28.2 Å². The van der Waals surface area contributed by atoms with Crippen LogP contribution in [-0.4, -0.2) is 190 Å². The van der Waals surface area contributed by atoms with E-state index in [2.05, 4.69) is 0 Å². The van der Waals surface area contributed by atoms with E-state index in [4.69, 9.17) is 47.4 Å². The summed E-state index contributed by atoms with van der Waals surface area (Å²) in [5.41, 5.74) is -3.54. The Balaban J connectivity index is 0.993. The molecule has 9 rings (SSSR count). The molecule has 7 aliphatic rings. The molecule has 0 amide bonds. The number of carbonyl (C=O) groups excluding carboxylic acids is 2. The van der Waals surface area contributed by atoms with Crippen molar-refractivity contribution < 1.29 is 87.6 Å². The van der Waals surface area contributed by atoms with Crippen molar-refractivity contribution in [3.8, 4) is 17.2 Å². The van der Waals surface area contributed by atoms with Crippen LogP contribution < -0.4 is 0 Å². The second kappa shape index (κ2) is 22.1. The predicted octanol–water partition coefficient (Wildman–Crippen LogP) is 4.82. The Bertz CT molecular complexity index is 2350. The normalized spacial score (nSPS) is 40.7. The molecule has 0 saturated carbocycles.